The summed E-state index contributed by atoms with van der Waals surface area (Å²) in [5.74, 6) is 1.50. The highest BCUT2D eigenvalue weighted by atomic mass is 35.5. The number of hydrogen-bond donors (Lipinski definition) is 0. The third-order valence-corrected chi connectivity index (χ3v) is 7.83. The molecule has 4 heterocycles. The fourth-order valence-electron chi connectivity index (χ4n) is 5.42. The molecule has 0 N–H and O–H groups in total. The second-order valence-corrected chi connectivity index (χ2v) is 10.4. The molecule has 0 radical (unpaired) electrons. The van der Waals surface area contributed by atoms with E-state index in [0.717, 1.165) is 53.9 Å². The first-order valence-electron chi connectivity index (χ1n) is 12.3. The van der Waals surface area contributed by atoms with Crippen molar-refractivity contribution in [2.24, 2.45) is 5.92 Å². The van der Waals surface area contributed by atoms with Crippen LogP contribution >= 0.6 is 11.6 Å². The van der Waals surface area contributed by atoms with E-state index in [4.69, 9.17) is 16.9 Å². The van der Waals surface area contributed by atoms with E-state index in [-0.39, 0.29) is 0 Å². The zero-order valence-corrected chi connectivity index (χ0v) is 21.3. The normalized spacial score (nSPS) is 16.4. The van der Waals surface area contributed by atoms with Gasteiger partial charge in [0.05, 0.1) is 29.6 Å². The minimum atomic E-state index is 0.628. The van der Waals surface area contributed by atoms with Crippen molar-refractivity contribution in [1.82, 2.24) is 24.2 Å². The predicted octanol–water partition coefficient (Wildman–Crippen LogP) is 5.07. The maximum Gasteiger partial charge on any atom is 0.185 e. The van der Waals surface area contributed by atoms with E-state index in [2.05, 4.69) is 73.6 Å². The molecule has 0 aliphatic carbocycles. The summed E-state index contributed by atoms with van der Waals surface area (Å²) in [5, 5.41) is 18.5. The lowest BCUT2D eigenvalue weighted by Gasteiger charge is -2.21. The Balaban J connectivity index is 1.36. The van der Waals surface area contributed by atoms with Crippen LogP contribution in [0.3, 0.4) is 0 Å². The third kappa shape index (κ3) is 3.97. The van der Waals surface area contributed by atoms with Gasteiger partial charge in [0.1, 0.15) is 11.5 Å². The second-order valence-electron chi connectivity index (χ2n) is 10.0. The Labute approximate surface area is 216 Å². The van der Waals surface area contributed by atoms with E-state index >= 15 is 0 Å². The van der Waals surface area contributed by atoms with Crippen LogP contribution in [0.5, 0.6) is 0 Å². The first kappa shape index (κ1) is 22.8. The van der Waals surface area contributed by atoms with Crippen LogP contribution in [0.15, 0.2) is 54.9 Å². The lowest BCUT2D eigenvalue weighted by atomic mass is 10.1. The van der Waals surface area contributed by atoms with Crippen LogP contribution < -0.4 is 4.90 Å². The van der Waals surface area contributed by atoms with Crippen LogP contribution in [0.4, 0.5) is 5.69 Å². The summed E-state index contributed by atoms with van der Waals surface area (Å²) < 4.78 is 4.18. The second kappa shape index (κ2) is 9.12. The Kier molecular flexibility index (Phi) is 5.79. The molecular formula is C28H28ClN7. The van der Waals surface area contributed by atoms with Crippen LogP contribution in [-0.4, -0.2) is 58.0 Å². The minimum absolute atomic E-state index is 0.628. The number of halogens is 1. The van der Waals surface area contributed by atoms with E-state index in [0.29, 0.717) is 17.3 Å². The van der Waals surface area contributed by atoms with Gasteiger partial charge in [-0.05, 0) is 86.9 Å². The van der Waals surface area contributed by atoms with E-state index in [9.17, 15) is 0 Å². The smallest absolute Gasteiger partial charge is 0.185 e. The third-order valence-electron chi connectivity index (χ3n) is 7.42. The maximum atomic E-state index is 9.16. The Bertz CT molecular complexity index is 1460. The number of aromatic nitrogens is 4. The number of anilines is 1. The minimum Gasteiger partial charge on any atom is -0.371 e. The Hall–Kier alpha value is -3.60. The highest BCUT2D eigenvalue weighted by Gasteiger charge is 2.27. The van der Waals surface area contributed by atoms with Gasteiger partial charge in [-0.2, -0.15) is 5.26 Å². The average Bonchev–Trinajstić information content (AvgIpc) is 3.61. The van der Waals surface area contributed by atoms with E-state index in [1.807, 2.05) is 24.3 Å². The largest absolute Gasteiger partial charge is 0.371 e. The molecule has 4 aromatic rings. The number of rotatable bonds is 5. The van der Waals surface area contributed by atoms with Crippen molar-refractivity contribution < 1.29 is 0 Å². The lowest BCUT2D eigenvalue weighted by molar-refractivity contribution is 0.361. The molecule has 1 saturated heterocycles. The molecule has 0 bridgehead atoms. The van der Waals surface area contributed by atoms with Gasteiger partial charge in [0, 0.05) is 24.3 Å². The van der Waals surface area contributed by atoms with Crippen LogP contribution in [-0.2, 0) is 6.54 Å². The highest BCUT2D eigenvalue weighted by molar-refractivity contribution is 6.32. The lowest BCUT2D eigenvalue weighted by Crippen LogP contribution is -2.22. The van der Waals surface area contributed by atoms with Gasteiger partial charge in [-0.25, -0.2) is 0 Å². The molecule has 1 atom stereocenters. The zero-order chi connectivity index (χ0) is 24.8. The van der Waals surface area contributed by atoms with Gasteiger partial charge in [0.15, 0.2) is 5.82 Å². The number of nitriles is 1. The molecule has 2 aliphatic rings. The number of benzene rings is 2. The van der Waals surface area contributed by atoms with Gasteiger partial charge in [-0.3, -0.25) is 4.57 Å². The first-order chi connectivity index (χ1) is 17.5. The maximum absolute atomic E-state index is 9.16. The molecule has 0 saturated carbocycles. The van der Waals surface area contributed by atoms with Crippen LogP contribution in [0.1, 0.15) is 24.0 Å². The van der Waals surface area contributed by atoms with Gasteiger partial charge in [0.25, 0.3) is 0 Å². The van der Waals surface area contributed by atoms with Crippen molar-refractivity contribution in [2.75, 3.05) is 38.6 Å². The van der Waals surface area contributed by atoms with Gasteiger partial charge in [0.2, 0.25) is 0 Å². The number of nitrogens with zero attached hydrogens (tertiary/aromatic N) is 7. The zero-order valence-electron chi connectivity index (χ0n) is 20.5. The Morgan fingerprint density at radius 2 is 1.97 bits per heavy atom. The van der Waals surface area contributed by atoms with Crippen LogP contribution in [0, 0.1) is 17.2 Å². The summed E-state index contributed by atoms with van der Waals surface area (Å²) in [6.45, 7) is 3.97. The van der Waals surface area contributed by atoms with Crippen molar-refractivity contribution in [2.45, 2.75) is 19.4 Å². The number of hydrogen-bond acceptors (Lipinski definition) is 5. The molecule has 0 spiro atoms. The van der Waals surface area contributed by atoms with E-state index in [1.54, 1.807) is 6.33 Å². The van der Waals surface area contributed by atoms with Gasteiger partial charge < -0.3 is 14.4 Å². The van der Waals surface area contributed by atoms with Crippen LogP contribution in [0.2, 0.25) is 5.15 Å². The van der Waals surface area contributed by atoms with Crippen molar-refractivity contribution in [3.8, 4) is 34.4 Å². The molecule has 182 valence electrons. The molecule has 6 rings (SSSR count). The van der Waals surface area contributed by atoms with Gasteiger partial charge in [-0.1, -0.05) is 23.7 Å². The molecule has 1 fully saturated rings. The molecule has 2 aromatic carbocycles. The van der Waals surface area contributed by atoms with E-state index in [1.165, 1.54) is 24.1 Å². The first-order valence-corrected chi connectivity index (χ1v) is 12.7. The molecule has 2 aliphatic heterocycles. The summed E-state index contributed by atoms with van der Waals surface area (Å²) in [5.41, 5.74) is 6.99. The Morgan fingerprint density at radius 3 is 2.75 bits per heavy atom. The Morgan fingerprint density at radius 1 is 1.14 bits per heavy atom. The summed E-state index contributed by atoms with van der Waals surface area (Å²) >= 11 is 7.00. The molecular weight excluding hydrogens is 470 g/mol. The van der Waals surface area contributed by atoms with Crippen LogP contribution in [0.25, 0.3) is 28.3 Å². The van der Waals surface area contributed by atoms with Gasteiger partial charge in [-0.15, -0.1) is 10.2 Å². The SMILES string of the molecule is CN(C)CC[C@@H]1CCN(c2ccc3c(c2)Cn2c(cc(-c4ccc(C#N)cc4)c2Cl)-c2nncn2-3)C1. The highest BCUT2D eigenvalue weighted by Crippen LogP contribution is 2.40. The standard InChI is InChI=1S/C28H28ClN7/c1-33(2)11-9-20-10-12-34(16-20)23-7-8-25-22(13-23)17-35-26(28-32-31-18-36(25)28)14-24(27(35)29)21-5-3-19(15-30)4-6-21/h3-8,13-14,18,20H,9-12,16-17H2,1-2H3/t20-/m1/s1. The molecule has 7 nitrogen and oxygen atoms in total. The summed E-state index contributed by atoms with van der Waals surface area (Å²) in [6, 6.07) is 18.5. The fraction of sp³-hybridized carbons (Fsp3) is 0.321. The van der Waals surface area contributed by atoms with Crippen molar-refractivity contribution in [3.05, 3.63) is 71.1 Å². The van der Waals surface area contributed by atoms with Gasteiger partial charge >= 0.3 is 0 Å². The molecule has 0 unspecified atom stereocenters. The van der Waals surface area contributed by atoms with E-state index < -0.39 is 0 Å². The fourth-order valence-corrected chi connectivity index (χ4v) is 5.74. The molecule has 8 heteroatoms. The topological polar surface area (TPSA) is 65.9 Å². The average molecular weight is 498 g/mol. The molecule has 2 aromatic heterocycles. The summed E-state index contributed by atoms with van der Waals surface area (Å²) in [4.78, 5) is 4.78. The van der Waals surface area contributed by atoms with Crippen molar-refractivity contribution in [1.29, 1.82) is 5.26 Å². The molecule has 36 heavy (non-hydrogen) atoms. The summed E-state index contributed by atoms with van der Waals surface area (Å²) in [6.07, 6.45) is 4.25. The quantitative estimate of drug-likeness (QED) is 0.339. The molecule has 0 amide bonds. The van der Waals surface area contributed by atoms with Crippen molar-refractivity contribution in [3.63, 3.8) is 0 Å². The summed E-state index contributed by atoms with van der Waals surface area (Å²) in [7, 11) is 4.29. The predicted molar refractivity (Wildman–Crippen MR) is 143 cm³/mol. The monoisotopic (exact) mass is 497 g/mol. The van der Waals surface area contributed by atoms with Crippen molar-refractivity contribution >= 4 is 17.3 Å². The number of fused-ring (bicyclic) bond motifs is 5.